The van der Waals surface area contributed by atoms with Gasteiger partial charge in [0.15, 0.2) is 0 Å². The second-order valence-electron chi connectivity index (χ2n) is 4.84. The Labute approximate surface area is 145 Å². The SMILES string of the molecule is C=CCN(CC(=O)Nc1ccc(F)cc1F)Cc1ccc(Br)s1. The summed E-state index contributed by atoms with van der Waals surface area (Å²) < 4.78 is 27.4. The lowest BCUT2D eigenvalue weighted by Gasteiger charge is -2.19. The Morgan fingerprint density at radius 1 is 1.35 bits per heavy atom. The predicted octanol–water partition coefficient (Wildman–Crippen LogP) is 4.42. The topological polar surface area (TPSA) is 32.3 Å². The van der Waals surface area contributed by atoms with Crippen LogP contribution in [-0.2, 0) is 11.3 Å². The number of halogens is 3. The van der Waals surface area contributed by atoms with E-state index in [1.807, 2.05) is 17.0 Å². The number of hydrogen-bond acceptors (Lipinski definition) is 3. The van der Waals surface area contributed by atoms with Crippen molar-refractivity contribution in [3.8, 4) is 0 Å². The van der Waals surface area contributed by atoms with Gasteiger partial charge in [-0.15, -0.1) is 17.9 Å². The molecule has 0 saturated carbocycles. The Bertz CT molecular complexity index is 705. The van der Waals surface area contributed by atoms with Crippen molar-refractivity contribution in [1.82, 2.24) is 4.90 Å². The van der Waals surface area contributed by atoms with Crippen molar-refractivity contribution in [2.45, 2.75) is 6.54 Å². The molecule has 1 amide bonds. The molecule has 1 heterocycles. The minimum atomic E-state index is -0.796. The van der Waals surface area contributed by atoms with E-state index in [0.717, 1.165) is 20.8 Å². The molecule has 2 rings (SSSR count). The van der Waals surface area contributed by atoms with Crippen LogP contribution in [0.5, 0.6) is 0 Å². The summed E-state index contributed by atoms with van der Waals surface area (Å²) in [4.78, 5) is 15.1. The van der Waals surface area contributed by atoms with E-state index in [1.165, 1.54) is 6.07 Å². The minimum absolute atomic E-state index is 0.0335. The Balaban J connectivity index is 1.98. The molecule has 0 aliphatic rings. The molecule has 0 radical (unpaired) electrons. The summed E-state index contributed by atoms with van der Waals surface area (Å²) in [6.45, 7) is 4.87. The van der Waals surface area contributed by atoms with Crippen LogP contribution < -0.4 is 5.32 Å². The number of nitrogens with zero attached hydrogens (tertiary/aromatic N) is 1. The third-order valence-electron chi connectivity index (χ3n) is 2.97. The number of anilines is 1. The molecule has 2 aromatic rings. The molecule has 0 aliphatic heterocycles. The highest BCUT2D eigenvalue weighted by Crippen LogP contribution is 2.23. The van der Waals surface area contributed by atoms with E-state index in [9.17, 15) is 13.6 Å². The van der Waals surface area contributed by atoms with Crippen LogP contribution in [0.2, 0.25) is 0 Å². The van der Waals surface area contributed by atoms with Crippen LogP contribution >= 0.6 is 27.3 Å². The van der Waals surface area contributed by atoms with E-state index in [2.05, 4.69) is 27.8 Å². The van der Waals surface area contributed by atoms with Gasteiger partial charge in [-0.25, -0.2) is 8.78 Å². The maximum atomic E-state index is 13.6. The van der Waals surface area contributed by atoms with Gasteiger partial charge in [0.25, 0.3) is 0 Å². The highest BCUT2D eigenvalue weighted by atomic mass is 79.9. The van der Waals surface area contributed by atoms with Crippen LogP contribution in [0.15, 0.2) is 46.8 Å². The van der Waals surface area contributed by atoms with Crippen molar-refractivity contribution in [2.24, 2.45) is 0 Å². The van der Waals surface area contributed by atoms with Gasteiger partial charge in [0.2, 0.25) is 5.91 Å². The van der Waals surface area contributed by atoms with Crippen LogP contribution in [0.1, 0.15) is 4.88 Å². The molecular formula is C16H15BrF2N2OS. The second-order valence-corrected chi connectivity index (χ2v) is 7.38. The maximum absolute atomic E-state index is 13.6. The van der Waals surface area contributed by atoms with Crippen molar-refractivity contribution >= 4 is 38.9 Å². The van der Waals surface area contributed by atoms with E-state index >= 15 is 0 Å². The minimum Gasteiger partial charge on any atom is -0.322 e. The summed E-state index contributed by atoms with van der Waals surface area (Å²) in [7, 11) is 0. The van der Waals surface area contributed by atoms with Crippen LogP contribution in [0.25, 0.3) is 0 Å². The predicted molar refractivity (Wildman–Crippen MR) is 92.5 cm³/mol. The first-order chi connectivity index (χ1) is 11.0. The molecule has 7 heteroatoms. The molecular weight excluding hydrogens is 386 g/mol. The molecule has 0 atom stereocenters. The summed E-state index contributed by atoms with van der Waals surface area (Å²) in [5.74, 6) is -1.85. The molecule has 1 aromatic heterocycles. The van der Waals surface area contributed by atoms with Crippen molar-refractivity contribution < 1.29 is 13.6 Å². The maximum Gasteiger partial charge on any atom is 0.238 e. The number of benzene rings is 1. The molecule has 0 aliphatic carbocycles. The third kappa shape index (κ3) is 5.53. The van der Waals surface area contributed by atoms with Gasteiger partial charge in [0, 0.05) is 24.0 Å². The number of rotatable bonds is 7. The van der Waals surface area contributed by atoms with Crippen molar-refractivity contribution in [3.63, 3.8) is 0 Å². The fourth-order valence-electron chi connectivity index (χ4n) is 2.01. The van der Waals surface area contributed by atoms with Crippen molar-refractivity contribution in [3.05, 3.63) is 63.3 Å². The Morgan fingerprint density at radius 2 is 2.13 bits per heavy atom. The highest BCUT2D eigenvalue weighted by molar-refractivity contribution is 9.11. The van der Waals surface area contributed by atoms with Crippen LogP contribution in [0.4, 0.5) is 14.5 Å². The lowest BCUT2D eigenvalue weighted by atomic mass is 10.3. The zero-order valence-electron chi connectivity index (χ0n) is 12.2. The molecule has 0 fully saturated rings. The van der Waals surface area contributed by atoms with E-state index in [1.54, 1.807) is 17.4 Å². The molecule has 0 saturated heterocycles. The van der Waals surface area contributed by atoms with Crippen LogP contribution in [0.3, 0.4) is 0 Å². The number of carbonyl (C=O) groups excluding carboxylic acids is 1. The third-order valence-corrected chi connectivity index (χ3v) is 4.58. The number of thiophene rings is 1. The standard InChI is InChI=1S/C16H15BrF2N2OS/c1-2-7-21(9-12-4-6-15(17)23-12)10-16(22)20-14-5-3-11(18)8-13(14)19/h2-6,8H,1,7,9-10H2,(H,20,22). The van der Waals surface area contributed by atoms with E-state index in [4.69, 9.17) is 0 Å². The lowest BCUT2D eigenvalue weighted by Crippen LogP contribution is -2.33. The molecule has 1 aromatic carbocycles. The largest absolute Gasteiger partial charge is 0.322 e. The molecule has 0 spiro atoms. The molecule has 3 nitrogen and oxygen atoms in total. The Kier molecular flexibility index (Phi) is 6.44. The van der Waals surface area contributed by atoms with E-state index < -0.39 is 11.6 Å². The zero-order valence-corrected chi connectivity index (χ0v) is 14.6. The van der Waals surface area contributed by atoms with Gasteiger partial charge in [-0.3, -0.25) is 9.69 Å². The van der Waals surface area contributed by atoms with Gasteiger partial charge in [-0.05, 0) is 40.2 Å². The summed E-state index contributed by atoms with van der Waals surface area (Å²) in [6, 6.07) is 6.96. The van der Waals surface area contributed by atoms with Crippen LogP contribution in [-0.4, -0.2) is 23.9 Å². The van der Waals surface area contributed by atoms with Gasteiger partial charge in [-0.1, -0.05) is 6.08 Å². The first-order valence-corrected chi connectivity index (χ1v) is 8.41. The van der Waals surface area contributed by atoms with Crippen LogP contribution in [0, 0.1) is 11.6 Å². The normalized spacial score (nSPS) is 10.8. The highest BCUT2D eigenvalue weighted by Gasteiger charge is 2.13. The first kappa shape index (κ1) is 17.8. The second kappa shape index (κ2) is 8.33. The molecule has 0 bridgehead atoms. The quantitative estimate of drug-likeness (QED) is 0.697. The van der Waals surface area contributed by atoms with Gasteiger partial charge in [0.1, 0.15) is 11.6 Å². The van der Waals surface area contributed by atoms with Gasteiger partial charge >= 0.3 is 0 Å². The lowest BCUT2D eigenvalue weighted by molar-refractivity contribution is -0.117. The molecule has 0 unspecified atom stereocenters. The summed E-state index contributed by atoms with van der Waals surface area (Å²) in [6.07, 6.45) is 1.70. The summed E-state index contributed by atoms with van der Waals surface area (Å²) >= 11 is 4.98. The van der Waals surface area contributed by atoms with Crippen molar-refractivity contribution in [1.29, 1.82) is 0 Å². The number of carbonyl (C=O) groups is 1. The Hall–Kier alpha value is -1.57. The fourth-order valence-corrected chi connectivity index (χ4v) is 3.53. The molecule has 1 N–H and O–H groups in total. The van der Waals surface area contributed by atoms with E-state index in [-0.39, 0.29) is 18.1 Å². The van der Waals surface area contributed by atoms with Gasteiger partial charge < -0.3 is 5.32 Å². The Morgan fingerprint density at radius 3 is 2.74 bits per heavy atom. The molecule has 23 heavy (non-hydrogen) atoms. The fraction of sp³-hybridized carbons (Fsp3) is 0.188. The zero-order chi connectivity index (χ0) is 16.8. The monoisotopic (exact) mass is 400 g/mol. The number of nitrogens with one attached hydrogen (secondary N) is 1. The molecule has 122 valence electrons. The summed E-state index contributed by atoms with van der Waals surface area (Å²) in [5.41, 5.74) is -0.0335. The average molecular weight is 401 g/mol. The number of hydrogen-bond donors (Lipinski definition) is 1. The van der Waals surface area contributed by atoms with E-state index in [0.29, 0.717) is 13.1 Å². The smallest absolute Gasteiger partial charge is 0.238 e. The van der Waals surface area contributed by atoms with Gasteiger partial charge in [0.05, 0.1) is 16.0 Å². The van der Waals surface area contributed by atoms with Gasteiger partial charge in [-0.2, -0.15) is 0 Å². The van der Waals surface area contributed by atoms with Crippen molar-refractivity contribution in [2.75, 3.05) is 18.4 Å². The number of amides is 1. The first-order valence-electron chi connectivity index (χ1n) is 6.80. The average Bonchev–Trinajstić information content (AvgIpc) is 2.87. The summed E-state index contributed by atoms with van der Waals surface area (Å²) in [5, 5.41) is 2.45.